The second-order valence-electron chi connectivity index (χ2n) is 5.49. The third-order valence-electron chi connectivity index (χ3n) is 3.82. The number of amides is 3. The van der Waals surface area contributed by atoms with Crippen LogP contribution < -0.4 is 5.32 Å². The first-order valence-electron chi connectivity index (χ1n) is 7.21. The fourth-order valence-electron chi connectivity index (χ4n) is 2.52. The van der Waals surface area contributed by atoms with Crippen LogP contribution in [0.1, 0.15) is 24.3 Å². The maximum Gasteiger partial charge on any atom is 0.317 e. The Morgan fingerprint density at radius 2 is 1.90 bits per heavy atom. The Labute approximate surface area is 125 Å². The SMILES string of the molecule is CN(C)C(=O)NCC(=O)N1CCC(c2ccncc2)CC1. The lowest BCUT2D eigenvalue weighted by Gasteiger charge is -2.32. The van der Waals surface area contributed by atoms with Gasteiger partial charge in [0.2, 0.25) is 5.91 Å². The van der Waals surface area contributed by atoms with Gasteiger partial charge in [-0.15, -0.1) is 0 Å². The normalized spacial score (nSPS) is 15.6. The number of hydrogen-bond donors (Lipinski definition) is 1. The summed E-state index contributed by atoms with van der Waals surface area (Å²) in [6, 6.07) is 3.84. The highest BCUT2D eigenvalue weighted by Crippen LogP contribution is 2.27. The van der Waals surface area contributed by atoms with Gasteiger partial charge in [-0.05, 0) is 36.5 Å². The monoisotopic (exact) mass is 290 g/mol. The molecule has 1 N–H and O–H groups in total. The smallest absolute Gasteiger partial charge is 0.317 e. The lowest BCUT2D eigenvalue weighted by molar-refractivity contribution is -0.131. The topological polar surface area (TPSA) is 65.5 Å². The summed E-state index contributed by atoms with van der Waals surface area (Å²) in [7, 11) is 3.31. The number of likely N-dealkylation sites (tertiary alicyclic amines) is 1. The summed E-state index contributed by atoms with van der Waals surface area (Å²) in [5.74, 6) is 0.479. The average molecular weight is 290 g/mol. The first-order valence-corrected chi connectivity index (χ1v) is 7.21. The summed E-state index contributed by atoms with van der Waals surface area (Å²) in [6.07, 6.45) is 5.53. The molecule has 0 aliphatic carbocycles. The molecule has 0 atom stereocenters. The number of pyridine rings is 1. The van der Waals surface area contributed by atoms with Gasteiger partial charge in [-0.2, -0.15) is 0 Å². The van der Waals surface area contributed by atoms with Gasteiger partial charge >= 0.3 is 6.03 Å². The molecule has 1 aromatic rings. The van der Waals surface area contributed by atoms with Gasteiger partial charge < -0.3 is 15.1 Å². The van der Waals surface area contributed by atoms with Gasteiger partial charge in [0, 0.05) is 39.6 Å². The number of carbonyl (C=O) groups is 2. The van der Waals surface area contributed by atoms with E-state index in [0.717, 1.165) is 25.9 Å². The van der Waals surface area contributed by atoms with Crippen molar-refractivity contribution >= 4 is 11.9 Å². The molecule has 1 aromatic heterocycles. The van der Waals surface area contributed by atoms with Crippen LogP contribution in [0.5, 0.6) is 0 Å². The number of nitrogens with one attached hydrogen (secondary N) is 1. The van der Waals surface area contributed by atoms with Crippen LogP contribution in [0.25, 0.3) is 0 Å². The van der Waals surface area contributed by atoms with E-state index in [4.69, 9.17) is 0 Å². The van der Waals surface area contributed by atoms with E-state index < -0.39 is 0 Å². The Bertz CT molecular complexity index is 482. The van der Waals surface area contributed by atoms with Crippen LogP contribution in [0.15, 0.2) is 24.5 Å². The number of piperidine rings is 1. The van der Waals surface area contributed by atoms with Crippen LogP contribution in [-0.2, 0) is 4.79 Å². The van der Waals surface area contributed by atoms with E-state index in [1.807, 2.05) is 29.4 Å². The zero-order valence-corrected chi connectivity index (χ0v) is 12.6. The fraction of sp³-hybridized carbons (Fsp3) is 0.533. The molecule has 2 rings (SSSR count). The largest absolute Gasteiger partial charge is 0.341 e. The molecular weight excluding hydrogens is 268 g/mol. The van der Waals surface area contributed by atoms with E-state index >= 15 is 0 Å². The molecule has 1 fully saturated rings. The maximum atomic E-state index is 12.1. The Morgan fingerprint density at radius 3 is 2.48 bits per heavy atom. The molecule has 1 saturated heterocycles. The first kappa shape index (κ1) is 15.3. The van der Waals surface area contributed by atoms with Crippen molar-refractivity contribution in [2.45, 2.75) is 18.8 Å². The molecule has 6 nitrogen and oxygen atoms in total. The van der Waals surface area contributed by atoms with Crippen LogP contribution in [0.3, 0.4) is 0 Å². The second kappa shape index (κ2) is 7.06. The van der Waals surface area contributed by atoms with Gasteiger partial charge in [0.1, 0.15) is 0 Å². The lowest BCUT2D eigenvalue weighted by Crippen LogP contribution is -2.45. The summed E-state index contributed by atoms with van der Waals surface area (Å²) in [5, 5.41) is 2.61. The van der Waals surface area contributed by atoms with Crippen LogP contribution in [0, 0.1) is 0 Å². The first-order chi connectivity index (χ1) is 10.1. The fourth-order valence-corrected chi connectivity index (χ4v) is 2.52. The predicted octanol–water partition coefficient (Wildman–Crippen LogP) is 1.06. The van der Waals surface area contributed by atoms with Crippen molar-refractivity contribution in [1.29, 1.82) is 0 Å². The van der Waals surface area contributed by atoms with Crippen molar-refractivity contribution in [3.63, 3.8) is 0 Å². The summed E-state index contributed by atoms with van der Waals surface area (Å²) >= 11 is 0. The number of urea groups is 1. The molecule has 1 aliphatic rings. The average Bonchev–Trinajstić information content (AvgIpc) is 2.53. The zero-order chi connectivity index (χ0) is 15.2. The zero-order valence-electron chi connectivity index (χ0n) is 12.6. The van der Waals surface area contributed by atoms with Gasteiger partial charge in [-0.25, -0.2) is 4.79 Å². The van der Waals surface area contributed by atoms with Crippen molar-refractivity contribution in [2.75, 3.05) is 33.7 Å². The minimum atomic E-state index is -0.241. The summed E-state index contributed by atoms with van der Waals surface area (Å²) in [6.45, 7) is 1.55. The van der Waals surface area contributed by atoms with Gasteiger partial charge in [0.15, 0.2) is 0 Å². The third-order valence-corrected chi connectivity index (χ3v) is 3.82. The molecule has 114 valence electrons. The van der Waals surface area contributed by atoms with Crippen molar-refractivity contribution < 1.29 is 9.59 Å². The van der Waals surface area contributed by atoms with Crippen molar-refractivity contribution in [2.24, 2.45) is 0 Å². The Kier molecular flexibility index (Phi) is 5.14. The van der Waals surface area contributed by atoms with Crippen LogP contribution in [-0.4, -0.2) is 60.5 Å². The standard InChI is InChI=1S/C15H22N4O2/c1-18(2)15(21)17-11-14(20)19-9-5-13(6-10-19)12-3-7-16-8-4-12/h3-4,7-8,13H,5-6,9-11H2,1-2H3,(H,17,21). The molecular formula is C15H22N4O2. The molecule has 1 aliphatic heterocycles. The Hall–Kier alpha value is -2.11. The summed E-state index contributed by atoms with van der Waals surface area (Å²) in [4.78, 5) is 30.7. The molecule has 3 amide bonds. The van der Waals surface area contributed by atoms with E-state index in [1.165, 1.54) is 10.5 Å². The number of nitrogens with zero attached hydrogens (tertiary/aromatic N) is 3. The quantitative estimate of drug-likeness (QED) is 0.905. The lowest BCUT2D eigenvalue weighted by atomic mass is 9.90. The second-order valence-corrected chi connectivity index (χ2v) is 5.49. The highest BCUT2D eigenvalue weighted by Gasteiger charge is 2.23. The molecule has 2 heterocycles. The molecule has 0 saturated carbocycles. The van der Waals surface area contributed by atoms with Crippen LogP contribution >= 0.6 is 0 Å². The van der Waals surface area contributed by atoms with Gasteiger partial charge in [0.25, 0.3) is 0 Å². The third kappa shape index (κ3) is 4.18. The van der Waals surface area contributed by atoms with Crippen molar-refractivity contribution in [3.05, 3.63) is 30.1 Å². The molecule has 0 bridgehead atoms. The van der Waals surface area contributed by atoms with E-state index in [-0.39, 0.29) is 18.5 Å². The van der Waals surface area contributed by atoms with Gasteiger partial charge in [-0.1, -0.05) is 0 Å². The van der Waals surface area contributed by atoms with Crippen LogP contribution in [0.2, 0.25) is 0 Å². The summed E-state index contributed by atoms with van der Waals surface area (Å²) in [5.41, 5.74) is 1.29. The van der Waals surface area contributed by atoms with Gasteiger partial charge in [-0.3, -0.25) is 9.78 Å². The highest BCUT2D eigenvalue weighted by molar-refractivity contribution is 5.83. The van der Waals surface area contributed by atoms with E-state index in [0.29, 0.717) is 5.92 Å². The number of rotatable bonds is 3. The number of aromatic nitrogens is 1. The maximum absolute atomic E-state index is 12.1. The highest BCUT2D eigenvalue weighted by atomic mass is 16.2. The number of carbonyl (C=O) groups excluding carboxylic acids is 2. The summed E-state index contributed by atoms with van der Waals surface area (Å²) < 4.78 is 0. The van der Waals surface area contributed by atoms with Gasteiger partial charge in [0.05, 0.1) is 6.54 Å². The molecule has 6 heteroatoms. The molecule has 0 spiro atoms. The molecule has 0 aromatic carbocycles. The molecule has 0 radical (unpaired) electrons. The van der Waals surface area contributed by atoms with E-state index in [1.54, 1.807) is 14.1 Å². The number of hydrogen-bond acceptors (Lipinski definition) is 3. The Morgan fingerprint density at radius 1 is 1.29 bits per heavy atom. The van der Waals surface area contributed by atoms with E-state index in [9.17, 15) is 9.59 Å². The Balaban J connectivity index is 1.78. The van der Waals surface area contributed by atoms with Crippen molar-refractivity contribution in [1.82, 2.24) is 20.1 Å². The minimum absolute atomic E-state index is 0.0154. The van der Waals surface area contributed by atoms with E-state index in [2.05, 4.69) is 10.3 Å². The van der Waals surface area contributed by atoms with Crippen molar-refractivity contribution in [3.8, 4) is 0 Å². The molecule has 0 unspecified atom stereocenters. The molecule has 21 heavy (non-hydrogen) atoms. The predicted molar refractivity (Wildman–Crippen MR) is 79.9 cm³/mol. The minimum Gasteiger partial charge on any atom is -0.341 e. The van der Waals surface area contributed by atoms with Crippen LogP contribution in [0.4, 0.5) is 4.79 Å².